The Morgan fingerprint density at radius 2 is 1.66 bits per heavy atom. The molecule has 0 saturated carbocycles. The van der Waals surface area contributed by atoms with Gasteiger partial charge >= 0.3 is 6.18 Å². The van der Waals surface area contributed by atoms with Gasteiger partial charge in [-0.25, -0.2) is 0 Å². The zero-order valence-corrected chi connectivity index (χ0v) is 16.5. The summed E-state index contributed by atoms with van der Waals surface area (Å²) in [6, 6.07) is 11.7. The third-order valence-corrected chi connectivity index (χ3v) is 5.73. The lowest BCUT2D eigenvalue weighted by molar-refractivity contribution is -0.137. The molecule has 1 saturated heterocycles. The minimum absolute atomic E-state index is 0.0625. The number of benzene rings is 2. The third kappa shape index (κ3) is 5.76. The van der Waals surface area contributed by atoms with E-state index >= 15 is 0 Å². The lowest BCUT2D eigenvalue weighted by atomic mass is 10.1. The molecule has 0 aromatic heterocycles. The maximum absolute atomic E-state index is 12.6. The lowest BCUT2D eigenvalue weighted by Crippen LogP contribution is -2.29. The van der Waals surface area contributed by atoms with Crippen LogP contribution in [0.25, 0.3) is 0 Å². The van der Waals surface area contributed by atoms with Crippen molar-refractivity contribution in [3.05, 3.63) is 65.2 Å². The van der Waals surface area contributed by atoms with E-state index in [1.54, 1.807) is 24.3 Å². The van der Waals surface area contributed by atoms with Gasteiger partial charge < -0.3 is 10.2 Å². The molecule has 29 heavy (non-hydrogen) atoms. The molecule has 1 aliphatic heterocycles. The SMILES string of the molecule is O=C(NCc1ccc(C(F)(F)F)cc1)c1ccccc1SCC(=O)N1CCCC1. The fourth-order valence-corrected chi connectivity index (χ4v) is 4.02. The number of amides is 2. The standard InChI is InChI=1S/C21H21F3N2O2S/c22-21(23,24)16-9-7-15(8-10-16)13-25-20(28)17-5-1-2-6-18(17)29-14-19(27)26-11-3-4-12-26/h1-2,5-10H,3-4,11-14H2,(H,25,28). The van der Waals surface area contributed by atoms with Crippen LogP contribution in [0, 0.1) is 0 Å². The molecule has 0 radical (unpaired) electrons. The van der Waals surface area contributed by atoms with Crippen molar-refractivity contribution in [2.24, 2.45) is 0 Å². The van der Waals surface area contributed by atoms with Gasteiger partial charge in [-0.05, 0) is 42.7 Å². The fourth-order valence-electron chi connectivity index (χ4n) is 3.07. The molecule has 4 nitrogen and oxygen atoms in total. The highest BCUT2D eigenvalue weighted by Gasteiger charge is 2.29. The molecular weight excluding hydrogens is 401 g/mol. The van der Waals surface area contributed by atoms with E-state index in [0.29, 0.717) is 16.0 Å². The van der Waals surface area contributed by atoms with E-state index in [-0.39, 0.29) is 24.1 Å². The molecule has 8 heteroatoms. The topological polar surface area (TPSA) is 49.4 Å². The maximum atomic E-state index is 12.6. The highest BCUT2D eigenvalue weighted by Crippen LogP contribution is 2.29. The van der Waals surface area contributed by atoms with Crippen molar-refractivity contribution in [3.63, 3.8) is 0 Å². The average molecular weight is 422 g/mol. The highest BCUT2D eigenvalue weighted by molar-refractivity contribution is 8.00. The van der Waals surface area contributed by atoms with E-state index < -0.39 is 11.7 Å². The van der Waals surface area contributed by atoms with Crippen LogP contribution in [-0.4, -0.2) is 35.6 Å². The molecule has 0 atom stereocenters. The van der Waals surface area contributed by atoms with Crippen LogP contribution in [-0.2, 0) is 17.5 Å². The summed E-state index contributed by atoms with van der Waals surface area (Å²) >= 11 is 1.32. The van der Waals surface area contributed by atoms with Crippen molar-refractivity contribution in [2.45, 2.75) is 30.5 Å². The summed E-state index contributed by atoms with van der Waals surface area (Å²) in [6.07, 6.45) is -2.33. The van der Waals surface area contributed by atoms with Crippen molar-refractivity contribution >= 4 is 23.6 Å². The molecule has 2 aromatic carbocycles. The Morgan fingerprint density at radius 3 is 2.31 bits per heavy atom. The lowest BCUT2D eigenvalue weighted by Gasteiger charge is -2.15. The summed E-state index contributed by atoms with van der Waals surface area (Å²) in [4.78, 5) is 27.3. The Morgan fingerprint density at radius 1 is 1.00 bits per heavy atom. The summed E-state index contributed by atoms with van der Waals surface area (Å²) in [5, 5.41) is 2.73. The molecule has 1 N–H and O–H groups in total. The molecule has 1 aliphatic rings. The first-order chi connectivity index (χ1) is 13.8. The number of nitrogens with one attached hydrogen (secondary N) is 1. The molecule has 3 rings (SSSR count). The molecule has 1 heterocycles. The Balaban J connectivity index is 1.58. The van der Waals surface area contributed by atoms with Gasteiger partial charge in [-0.1, -0.05) is 24.3 Å². The fraction of sp³-hybridized carbons (Fsp3) is 0.333. The van der Waals surface area contributed by atoms with Crippen LogP contribution in [0.15, 0.2) is 53.4 Å². The van der Waals surface area contributed by atoms with Crippen molar-refractivity contribution in [2.75, 3.05) is 18.8 Å². The number of alkyl halides is 3. The Hall–Kier alpha value is -2.48. The first kappa shape index (κ1) is 21.2. The van der Waals surface area contributed by atoms with Gasteiger partial charge in [0.25, 0.3) is 5.91 Å². The minimum atomic E-state index is -4.38. The number of hydrogen-bond donors (Lipinski definition) is 1. The second-order valence-corrected chi connectivity index (χ2v) is 7.77. The number of carbonyl (C=O) groups excluding carboxylic acids is 2. The smallest absolute Gasteiger partial charge is 0.348 e. The van der Waals surface area contributed by atoms with E-state index in [9.17, 15) is 22.8 Å². The number of likely N-dealkylation sites (tertiary alicyclic amines) is 1. The zero-order valence-electron chi connectivity index (χ0n) is 15.7. The van der Waals surface area contributed by atoms with Gasteiger partial charge in [0.2, 0.25) is 5.91 Å². The first-order valence-corrected chi connectivity index (χ1v) is 10.3. The van der Waals surface area contributed by atoms with Gasteiger partial charge in [0.15, 0.2) is 0 Å². The van der Waals surface area contributed by atoms with Crippen LogP contribution >= 0.6 is 11.8 Å². The zero-order chi connectivity index (χ0) is 20.9. The molecule has 154 valence electrons. The van der Waals surface area contributed by atoms with Crippen molar-refractivity contribution in [3.8, 4) is 0 Å². The average Bonchev–Trinajstić information content (AvgIpc) is 3.25. The van der Waals surface area contributed by atoms with Crippen LogP contribution in [0.4, 0.5) is 13.2 Å². The van der Waals surface area contributed by atoms with Crippen LogP contribution < -0.4 is 5.32 Å². The normalized spacial score (nSPS) is 14.1. The quantitative estimate of drug-likeness (QED) is 0.705. The van der Waals surface area contributed by atoms with Gasteiger partial charge in [-0.15, -0.1) is 11.8 Å². The van der Waals surface area contributed by atoms with E-state index in [0.717, 1.165) is 38.1 Å². The number of halogens is 3. The number of rotatable bonds is 6. The molecule has 2 amide bonds. The second kappa shape index (κ2) is 9.35. The predicted molar refractivity (Wildman–Crippen MR) is 106 cm³/mol. The van der Waals surface area contributed by atoms with Crippen LogP contribution in [0.5, 0.6) is 0 Å². The van der Waals surface area contributed by atoms with Crippen molar-refractivity contribution in [1.29, 1.82) is 0 Å². The number of nitrogens with zero attached hydrogens (tertiary/aromatic N) is 1. The Kier molecular flexibility index (Phi) is 6.84. The van der Waals surface area contributed by atoms with Crippen molar-refractivity contribution in [1.82, 2.24) is 10.2 Å². The Labute approximate surface area is 171 Å². The third-order valence-electron chi connectivity index (χ3n) is 4.68. The first-order valence-electron chi connectivity index (χ1n) is 9.28. The van der Waals surface area contributed by atoms with Gasteiger partial charge in [0.05, 0.1) is 16.9 Å². The van der Waals surface area contributed by atoms with Gasteiger partial charge in [0.1, 0.15) is 0 Å². The summed E-state index contributed by atoms with van der Waals surface area (Å²) < 4.78 is 37.9. The Bertz CT molecular complexity index is 863. The highest BCUT2D eigenvalue weighted by atomic mass is 32.2. The second-order valence-electron chi connectivity index (χ2n) is 6.75. The maximum Gasteiger partial charge on any atom is 0.416 e. The number of carbonyl (C=O) groups is 2. The van der Waals surface area contributed by atoms with E-state index in [2.05, 4.69) is 5.32 Å². The van der Waals surface area contributed by atoms with E-state index in [1.165, 1.54) is 23.9 Å². The monoisotopic (exact) mass is 422 g/mol. The molecule has 0 unspecified atom stereocenters. The van der Waals surface area contributed by atoms with Crippen molar-refractivity contribution < 1.29 is 22.8 Å². The van der Waals surface area contributed by atoms with Crippen LogP contribution in [0.1, 0.15) is 34.3 Å². The van der Waals surface area contributed by atoms with Crippen LogP contribution in [0.3, 0.4) is 0 Å². The molecule has 1 fully saturated rings. The van der Waals surface area contributed by atoms with Crippen LogP contribution in [0.2, 0.25) is 0 Å². The number of hydrogen-bond acceptors (Lipinski definition) is 3. The van der Waals surface area contributed by atoms with E-state index in [1.807, 2.05) is 4.90 Å². The number of thioether (sulfide) groups is 1. The summed E-state index contributed by atoms with van der Waals surface area (Å²) in [6.45, 7) is 1.69. The largest absolute Gasteiger partial charge is 0.416 e. The predicted octanol–water partition coefficient (Wildman–Crippen LogP) is 4.35. The summed E-state index contributed by atoms with van der Waals surface area (Å²) in [5.74, 6) is -0.00230. The van der Waals surface area contributed by atoms with Gasteiger partial charge in [-0.3, -0.25) is 9.59 Å². The minimum Gasteiger partial charge on any atom is -0.348 e. The van der Waals surface area contributed by atoms with Gasteiger partial charge in [-0.2, -0.15) is 13.2 Å². The molecule has 0 aliphatic carbocycles. The summed E-state index contributed by atoms with van der Waals surface area (Å²) in [5.41, 5.74) is 0.288. The summed E-state index contributed by atoms with van der Waals surface area (Å²) in [7, 11) is 0. The van der Waals surface area contributed by atoms with E-state index in [4.69, 9.17) is 0 Å². The molecule has 0 bridgehead atoms. The molecular formula is C21H21F3N2O2S. The molecule has 0 spiro atoms. The molecule has 2 aromatic rings. The van der Waals surface area contributed by atoms with Gasteiger partial charge in [0, 0.05) is 24.5 Å².